The minimum Gasteiger partial charge on any atom is -0.444 e. The molecule has 0 radical (unpaired) electrons. The molecule has 1 aliphatic heterocycles. The molecule has 1 aliphatic carbocycles. The van der Waals surface area contributed by atoms with Gasteiger partial charge in [0.1, 0.15) is 17.5 Å². The van der Waals surface area contributed by atoms with Gasteiger partial charge >= 0.3 is 6.09 Å². The van der Waals surface area contributed by atoms with Crippen LogP contribution in [0.2, 0.25) is 0 Å². The van der Waals surface area contributed by atoms with Crippen LogP contribution in [0.1, 0.15) is 39.2 Å². The van der Waals surface area contributed by atoms with Crippen LogP contribution in [-0.4, -0.2) is 59.4 Å². The Kier molecular flexibility index (Phi) is 7.36. The van der Waals surface area contributed by atoms with Gasteiger partial charge in [-0.05, 0) is 39.7 Å². The molecule has 8 nitrogen and oxygen atoms in total. The van der Waals surface area contributed by atoms with Crippen molar-refractivity contribution in [1.29, 1.82) is 0 Å². The average Bonchev–Trinajstić information content (AvgIpc) is 3.31. The van der Waals surface area contributed by atoms with E-state index in [1.165, 1.54) is 0 Å². The second-order valence-corrected chi connectivity index (χ2v) is 9.30. The molecular formula is C24H33N3O5. The Morgan fingerprint density at radius 2 is 1.97 bits per heavy atom. The highest BCUT2D eigenvalue weighted by molar-refractivity contribution is 5.97. The van der Waals surface area contributed by atoms with E-state index in [1.54, 1.807) is 29.3 Å². The van der Waals surface area contributed by atoms with Crippen molar-refractivity contribution >= 4 is 17.8 Å². The number of hydrogen-bond donors (Lipinski definition) is 1. The van der Waals surface area contributed by atoms with E-state index in [9.17, 15) is 9.59 Å². The number of ether oxygens (including phenoxy) is 3. The first-order valence-corrected chi connectivity index (χ1v) is 10.8. The van der Waals surface area contributed by atoms with Crippen LogP contribution in [0.25, 0.3) is 0 Å². The Balaban J connectivity index is 1.76. The number of nitrogens with zero attached hydrogens (tertiary/aromatic N) is 2. The van der Waals surface area contributed by atoms with Crippen LogP contribution in [0.5, 0.6) is 0 Å². The highest BCUT2D eigenvalue weighted by Gasteiger charge is 2.68. The molecule has 3 atom stereocenters. The number of likely N-dealkylation sites (tertiary alicyclic amines) is 1. The number of piperidine rings is 1. The van der Waals surface area contributed by atoms with Crippen molar-refractivity contribution in [3.63, 3.8) is 0 Å². The van der Waals surface area contributed by atoms with E-state index >= 15 is 0 Å². The third-order valence-corrected chi connectivity index (χ3v) is 5.58. The summed E-state index contributed by atoms with van der Waals surface area (Å²) in [6, 6.07) is 2.87. The lowest BCUT2D eigenvalue weighted by Gasteiger charge is -2.29. The van der Waals surface area contributed by atoms with Gasteiger partial charge in [-0.3, -0.25) is 9.69 Å². The number of rotatable bonds is 10. The molecule has 1 aromatic rings. The summed E-state index contributed by atoms with van der Waals surface area (Å²) in [7, 11) is 0. The summed E-state index contributed by atoms with van der Waals surface area (Å²) >= 11 is 0. The van der Waals surface area contributed by atoms with Crippen LogP contribution < -0.4 is 5.32 Å². The molecule has 1 unspecified atom stereocenters. The highest BCUT2D eigenvalue weighted by Crippen LogP contribution is 2.60. The van der Waals surface area contributed by atoms with E-state index in [2.05, 4.69) is 23.5 Å². The van der Waals surface area contributed by atoms with Gasteiger partial charge in [0.05, 0.1) is 26.4 Å². The molecule has 1 N–H and O–H groups in total. The summed E-state index contributed by atoms with van der Waals surface area (Å²) in [6.45, 7) is 14.3. The maximum atomic E-state index is 13.3. The molecule has 0 bridgehead atoms. The zero-order valence-corrected chi connectivity index (χ0v) is 19.1. The van der Waals surface area contributed by atoms with Crippen LogP contribution in [0.4, 0.5) is 10.6 Å². The molecule has 2 amide bonds. The van der Waals surface area contributed by atoms with Crippen molar-refractivity contribution in [2.75, 3.05) is 25.1 Å². The van der Waals surface area contributed by atoms with Crippen LogP contribution in [0.15, 0.2) is 43.6 Å². The summed E-state index contributed by atoms with van der Waals surface area (Å²) in [6.07, 6.45) is 5.77. The molecule has 2 heterocycles. The molecule has 0 aromatic carbocycles. The predicted octanol–water partition coefficient (Wildman–Crippen LogP) is 3.69. The van der Waals surface area contributed by atoms with Crippen molar-refractivity contribution in [2.24, 2.45) is 5.41 Å². The molecule has 2 fully saturated rings. The van der Waals surface area contributed by atoms with Gasteiger partial charge in [0, 0.05) is 23.2 Å². The molecular weight excluding hydrogens is 410 g/mol. The average molecular weight is 444 g/mol. The van der Waals surface area contributed by atoms with Crippen molar-refractivity contribution in [1.82, 2.24) is 9.88 Å². The summed E-state index contributed by atoms with van der Waals surface area (Å²) in [4.78, 5) is 32.2. The SMILES string of the molecule is C=CCOCc1cccnc1NC(=O)[C@@H]1C[C@@]2(COCC=C)CC2N1C(=O)OC(C)(C)C. The first-order valence-electron chi connectivity index (χ1n) is 10.8. The number of amides is 2. The van der Waals surface area contributed by atoms with Crippen molar-refractivity contribution in [3.05, 3.63) is 49.2 Å². The van der Waals surface area contributed by atoms with Gasteiger partial charge in [0.25, 0.3) is 0 Å². The fourth-order valence-corrected chi connectivity index (χ4v) is 4.11. The number of fused-ring (bicyclic) bond motifs is 1. The summed E-state index contributed by atoms with van der Waals surface area (Å²) < 4.78 is 16.8. The fourth-order valence-electron chi connectivity index (χ4n) is 4.11. The minimum atomic E-state index is -0.667. The van der Waals surface area contributed by atoms with Gasteiger partial charge in [0.15, 0.2) is 0 Å². The lowest BCUT2D eigenvalue weighted by Crippen LogP contribution is -2.47. The Morgan fingerprint density at radius 1 is 1.25 bits per heavy atom. The smallest absolute Gasteiger partial charge is 0.411 e. The lowest BCUT2D eigenvalue weighted by atomic mass is 10.00. The number of hydrogen-bond acceptors (Lipinski definition) is 6. The van der Waals surface area contributed by atoms with Crippen LogP contribution in [-0.2, 0) is 25.6 Å². The Morgan fingerprint density at radius 3 is 2.66 bits per heavy atom. The molecule has 0 spiro atoms. The largest absolute Gasteiger partial charge is 0.444 e. The number of carbonyl (C=O) groups excluding carboxylic acids is 2. The van der Waals surface area contributed by atoms with Crippen molar-refractivity contribution < 1.29 is 23.8 Å². The van der Waals surface area contributed by atoms with E-state index < -0.39 is 17.7 Å². The number of aromatic nitrogens is 1. The first-order chi connectivity index (χ1) is 15.2. The van der Waals surface area contributed by atoms with Crippen LogP contribution in [0.3, 0.4) is 0 Å². The zero-order valence-electron chi connectivity index (χ0n) is 19.1. The van der Waals surface area contributed by atoms with E-state index in [0.29, 0.717) is 32.1 Å². The molecule has 3 rings (SSSR count). The lowest BCUT2D eigenvalue weighted by molar-refractivity contribution is -0.121. The third-order valence-electron chi connectivity index (χ3n) is 5.58. The monoisotopic (exact) mass is 443 g/mol. The minimum absolute atomic E-state index is 0.0861. The van der Waals surface area contributed by atoms with E-state index in [1.807, 2.05) is 26.8 Å². The van der Waals surface area contributed by atoms with E-state index in [0.717, 1.165) is 12.0 Å². The van der Waals surface area contributed by atoms with Crippen molar-refractivity contribution in [3.8, 4) is 0 Å². The number of anilines is 1. The molecule has 1 saturated carbocycles. The summed E-state index contributed by atoms with van der Waals surface area (Å²) in [5.74, 6) is 0.123. The molecule has 32 heavy (non-hydrogen) atoms. The molecule has 1 saturated heterocycles. The number of pyridine rings is 1. The summed E-state index contributed by atoms with van der Waals surface area (Å²) in [5.41, 5.74) is -0.144. The van der Waals surface area contributed by atoms with Crippen LogP contribution >= 0.6 is 0 Å². The molecule has 2 aliphatic rings. The Bertz CT molecular complexity index is 865. The molecule has 174 valence electrons. The van der Waals surface area contributed by atoms with Gasteiger partial charge in [-0.2, -0.15) is 0 Å². The standard InChI is InChI=1S/C24H33N3O5/c1-6-11-30-15-17-9-8-10-25-20(17)26-21(28)18-13-24(16-31-12-7-2)14-19(24)27(18)22(29)32-23(3,4)5/h6-10,18-19H,1-2,11-16H2,3-5H3,(H,25,26,28)/t18-,19?,24-/m0/s1. The Hall–Kier alpha value is -2.71. The second kappa shape index (κ2) is 9.83. The maximum absolute atomic E-state index is 13.3. The van der Waals surface area contributed by atoms with Crippen LogP contribution in [0, 0.1) is 5.41 Å². The third kappa shape index (κ3) is 5.55. The highest BCUT2D eigenvalue weighted by atomic mass is 16.6. The predicted molar refractivity (Wildman–Crippen MR) is 121 cm³/mol. The summed E-state index contributed by atoms with van der Waals surface area (Å²) in [5, 5.41) is 2.89. The van der Waals surface area contributed by atoms with Gasteiger partial charge in [-0.25, -0.2) is 9.78 Å². The maximum Gasteiger partial charge on any atom is 0.411 e. The number of carbonyl (C=O) groups is 2. The van der Waals surface area contributed by atoms with Gasteiger partial charge in [-0.15, -0.1) is 13.2 Å². The van der Waals surface area contributed by atoms with Gasteiger partial charge in [-0.1, -0.05) is 18.2 Å². The van der Waals surface area contributed by atoms with E-state index in [-0.39, 0.29) is 24.0 Å². The van der Waals surface area contributed by atoms with Gasteiger partial charge in [0.2, 0.25) is 5.91 Å². The quantitative estimate of drug-likeness (QED) is 0.438. The first kappa shape index (κ1) is 23.9. The molecule has 8 heteroatoms. The molecule has 1 aromatic heterocycles. The topological polar surface area (TPSA) is 90.0 Å². The normalized spacial score (nSPS) is 23.9. The Labute approximate surface area is 189 Å². The fraction of sp³-hybridized carbons (Fsp3) is 0.542. The zero-order chi connectivity index (χ0) is 23.4. The van der Waals surface area contributed by atoms with E-state index in [4.69, 9.17) is 14.2 Å². The second-order valence-electron chi connectivity index (χ2n) is 9.30. The van der Waals surface area contributed by atoms with Gasteiger partial charge < -0.3 is 19.5 Å². The van der Waals surface area contributed by atoms with Crippen molar-refractivity contribution in [2.45, 2.75) is 57.9 Å². The number of nitrogens with one attached hydrogen (secondary N) is 1.